The fourth-order valence-electron chi connectivity index (χ4n) is 1.19. The van der Waals surface area contributed by atoms with Gasteiger partial charge in [0.15, 0.2) is 11.5 Å². The monoisotopic (exact) mass is 266 g/mol. The molecule has 1 aromatic rings. The number of carbonyl (C=O) groups is 2. The van der Waals surface area contributed by atoms with Gasteiger partial charge in [-0.2, -0.15) is 0 Å². The lowest BCUT2D eigenvalue weighted by Gasteiger charge is -2.09. The molecule has 6 heteroatoms. The van der Waals surface area contributed by atoms with Crippen LogP contribution in [0.5, 0.6) is 17.2 Å². The van der Waals surface area contributed by atoms with Crippen molar-refractivity contribution in [2.24, 2.45) is 0 Å². The highest BCUT2D eigenvalue weighted by molar-refractivity contribution is 5.93. The summed E-state index contributed by atoms with van der Waals surface area (Å²) in [6.07, 6.45) is 0. The number of aromatic hydroxyl groups is 2. The molecular weight excluding hydrogens is 252 g/mol. The smallest absolute Gasteiger partial charge is 0.338 e. The predicted molar refractivity (Wildman–Crippen MR) is 66.2 cm³/mol. The summed E-state index contributed by atoms with van der Waals surface area (Å²) in [4.78, 5) is 22.9. The fourth-order valence-corrected chi connectivity index (χ4v) is 1.19. The van der Waals surface area contributed by atoms with E-state index in [1.807, 2.05) is 0 Å². The summed E-state index contributed by atoms with van der Waals surface area (Å²) in [6, 6.07) is 2.12. The van der Waals surface area contributed by atoms with Crippen LogP contribution in [0.1, 0.15) is 24.2 Å². The topological polar surface area (TPSA) is 93.1 Å². The van der Waals surface area contributed by atoms with Crippen LogP contribution in [-0.4, -0.2) is 28.8 Å². The third-order valence-corrected chi connectivity index (χ3v) is 2.12. The largest absolute Gasteiger partial charge is 0.504 e. The number of ether oxygens (including phenoxy) is 2. The van der Waals surface area contributed by atoms with Crippen molar-refractivity contribution < 1.29 is 29.3 Å². The van der Waals surface area contributed by atoms with Gasteiger partial charge in [-0.25, -0.2) is 9.59 Å². The quantitative estimate of drug-likeness (QED) is 0.373. The highest BCUT2D eigenvalue weighted by atomic mass is 16.5. The number of rotatable bonds is 4. The van der Waals surface area contributed by atoms with Gasteiger partial charge in [0.25, 0.3) is 0 Å². The first-order valence-electron chi connectivity index (χ1n) is 5.47. The highest BCUT2D eigenvalue weighted by Crippen LogP contribution is 2.37. The predicted octanol–water partition coefficient (Wildman–Crippen LogP) is 1.76. The van der Waals surface area contributed by atoms with Gasteiger partial charge in [-0.3, -0.25) is 0 Å². The highest BCUT2D eigenvalue weighted by Gasteiger charge is 2.18. The number of phenols is 2. The first-order chi connectivity index (χ1) is 8.86. The van der Waals surface area contributed by atoms with Gasteiger partial charge in [0, 0.05) is 5.57 Å². The van der Waals surface area contributed by atoms with Crippen LogP contribution in [0.2, 0.25) is 0 Å². The third kappa shape index (κ3) is 3.48. The fraction of sp³-hybridized carbons (Fsp3) is 0.231. The van der Waals surface area contributed by atoms with Crippen molar-refractivity contribution in [2.45, 2.75) is 13.8 Å². The van der Waals surface area contributed by atoms with Crippen molar-refractivity contribution in [2.75, 3.05) is 6.61 Å². The molecule has 0 aliphatic rings. The molecule has 19 heavy (non-hydrogen) atoms. The molecule has 1 rings (SSSR count). The van der Waals surface area contributed by atoms with Gasteiger partial charge in [0.1, 0.15) is 0 Å². The van der Waals surface area contributed by atoms with E-state index in [9.17, 15) is 19.8 Å². The third-order valence-electron chi connectivity index (χ3n) is 2.12. The molecule has 0 radical (unpaired) electrons. The Balaban J connectivity index is 3.13. The lowest BCUT2D eigenvalue weighted by molar-refractivity contribution is -0.130. The summed E-state index contributed by atoms with van der Waals surface area (Å²) in [5.74, 6) is -3.05. The molecule has 0 aromatic heterocycles. The van der Waals surface area contributed by atoms with E-state index in [0.717, 1.165) is 12.1 Å². The summed E-state index contributed by atoms with van der Waals surface area (Å²) in [6.45, 7) is 6.58. The number of hydrogen-bond acceptors (Lipinski definition) is 6. The lowest BCUT2D eigenvalue weighted by Crippen LogP contribution is -2.10. The Kier molecular flexibility index (Phi) is 4.52. The molecule has 0 saturated carbocycles. The van der Waals surface area contributed by atoms with Gasteiger partial charge in [-0.15, -0.1) is 0 Å². The standard InChI is InChI=1S/C13H14O6/c1-4-18-13(17)8-5-9(14)11(15)10(6-8)19-12(16)7(2)3/h5-6,14-15H,2,4H2,1,3H3. The van der Waals surface area contributed by atoms with Gasteiger partial charge in [-0.1, -0.05) is 6.58 Å². The first-order valence-corrected chi connectivity index (χ1v) is 5.47. The number of esters is 2. The Labute approximate surface area is 109 Å². The first kappa shape index (κ1) is 14.6. The zero-order valence-electron chi connectivity index (χ0n) is 10.6. The Bertz CT molecular complexity index is 532. The van der Waals surface area contributed by atoms with E-state index in [1.54, 1.807) is 6.92 Å². The molecule has 6 nitrogen and oxygen atoms in total. The van der Waals surface area contributed by atoms with Crippen LogP contribution in [0, 0.1) is 0 Å². The zero-order valence-corrected chi connectivity index (χ0v) is 10.6. The zero-order chi connectivity index (χ0) is 14.6. The van der Waals surface area contributed by atoms with Gasteiger partial charge in [0.2, 0.25) is 5.75 Å². The Morgan fingerprint density at radius 1 is 1.32 bits per heavy atom. The second kappa shape index (κ2) is 5.90. The molecule has 0 amide bonds. The van der Waals surface area contributed by atoms with Gasteiger partial charge in [-0.05, 0) is 26.0 Å². The summed E-state index contributed by atoms with van der Waals surface area (Å²) >= 11 is 0. The molecule has 0 heterocycles. The summed E-state index contributed by atoms with van der Waals surface area (Å²) in [7, 11) is 0. The molecule has 0 bridgehead atoms. The van der Waals surface area contributed by atoms with Crippen LogP contribution in [0.25, 0.3) is 0 Å². The SMILES string of the molecule is C=C(C)C(=O)Oc1cc(C(=O)OCC)cc(O)c1O. The molecule has 0 atom stereocenters. The van der Waals surface area contributed by atoms with Crippen molar-refractivity contribution in [1.29, 1.82) is 0 Å². The van der Waals surface area contributed by atoms with Crippen LogP contribution in [0.4, 0.5) is 0 Å². The van der Waals surface area contributed by atoms with E-state index in [4.69, 9.17) is 9.47 Å². The summed E-state index contributed by atoms with van der Waals surface area (Å²) < 4.78 is 9.54. The lowest BCUT2D eigenvalue weighted by atomic mass is 10.2. The van der Waals surface area contributed by atoms with E-state index >= 15 is 0 Å². The Morgan fingerprint density at radius 2 is 1.95 bits per heavy atom. The second-order valence-electron chi connectivity index (χ2n) is 3.73. The molecule has 0 saturated heterocycles. The molecule has 1 aromatic carbocycles. The van der Waals surface area contributed by atoms with Crippen molar-refractivity contribution in [3.8, 4) is 17.2 Å². The second-order valence-corrected chi connectivity index (χ2v) is 3.73. The molecule has 0 aliphatic heterocycles. The van der Waals surface area contributed by atoms with E-state index < -0.39 is 23.4 Å². The van der Waals surface area contributed by atoms with Crippen LogP contribution in [0.3, 0.4) is 0 Å². The molecule has 0 unspecified atom stereocenters. The minimum absolute atomic E-state index is 0.0401. The minimum atomic E-state index is -0.782. The molecule has 2 N–H and O–H groups in total. The number of benzene rings is 1. The van der Waals surface area contributed by atoms with Gasteiger partial charge < -0.3 is 19.7 Å². The van der Waals surface area contributed by atoms with Crippen molar-refractivity contribution in [3.63, 3.8) is 0 Å². The van der Waals surface area contributed by atoms with Gasteiger partial charge >= 0.3 is 11.9 Å². The molecule has 0 spiro atoms. The maximum Gasteiger partial charge on any atom is 0.338 e. The van der Waals surface area contributed by atoms with Crippen LogP contribution in [0.15, 0.2) is 24.3 Å². The average molecular weight is 266 g/mol. The molecule has 0 aliphatic carbocycles. The number of hydrogen-bond donors (Lipinski definition) is 2. The minimum Gasteiger partial charge on any atom is -0.504 e. The van der Waals surface area contributed by atoms with E-state index in [1.165, 1.54) is 6.92 Å². The Hall–Kier alpha value is -2.50. The van der Waals surface area contributed by atoms with Crippen LogP contribution < -0.4 is 4.74 Å². The summed E-state index contributed by atoms with van der Waals surface area (Å²) in [5.41, 5.74) is 0.0714. The average Bonchev–Trinajstić information content (AvgIpc) is 2.34. The van der Waals surface area contributed by atoms with E-state index in [-0.39, 0.29) is 23.5 Å². The summed E-state index contributed by atoms with van der Waals surface area (Å²) in [5, 5.41) is 19.0. The van der Waals surface area contributed by atoms with Crippen LogP contribution in [-0.2, 0) is 9.53 Å². The molecular formula is C13H14O6. The van der Waals surface area contributed by atoms with Crippen molar-refractivity contribution in [3.05, 3.63) is 29.8 Å². The van der Waals surface area contributed by atoms with Crippen LogP contribution >= 0.6 is 0 Å². The van der Waals surface area contributed by atoms with E-state index in [2.05, 4.69) is 6.58 Å². The molecule has 0 fully saturated rings. The maximum absolute atomic E-state index is 11.5. The van der Waals surface area contributed by atoms with Gasteiger partial charge in [0.05, 0.1) is 12.2 Å². The van der Waals surface area contributed by atoms with Crippen molar-refractivity contribution in [1.82, 2.24) is 0 Å². The van der Waals surface area contributed by atoms with Crippen molar-refractivity contribution >= 4 is 11.9 Å². The number of carbonyl (C=O) groups excluding carboxylic acids is 2. The normalized spacial score (nSPS) is 9.79. The maximum atomic E-state index is 11.5. The van der Waals surface area contributed by atoms with E-state index in [0.29, 0.717) is 0 Å². The molecule has 102 valence electrons. The Morgan fingerprint density at radius 3 is 2.47 bits per heavy atom. The number of phenolic OH excluding ortho intramolecular Hbond substituents is 2.